The van der Waals surface area contributed by atoms with Crippen LogP contribution in [-0.4, -0.2) is 25.8 Å². The Kier molecular flexibility index (Phi) is 7.43. The van der Waals surface area contributed by atoms with E-state index in [2.05, 4.69) is 31.8 Å². The third kappa shape index (κ3) is 5.47. The molecule has 6 aromatic rings. The van der Waals surface area contributed by atoms with Crippen LogP contribution in [0.25, 0.3) is 42.2 Å². The number of pyridine rings is 1. The molecular weight excluding hydrogens is 584 g/mol. The summed E-state index contributed by atoms with van der Waals surface area (Å²) < 4.78 is 22.2. The number of rotatable bonds is 7. The van der Waals surface area contributed by atoms with E-state index >= 15 is 4.39 Å². The lowest BCUT2D eigenvalue weighted by molar-refractivity contribution is -0.112. The van der Waals surface area contributed by atoms with Gasteiger partial charge in [0, 0.05) is 62.3 Å². The number of carbonyl (C=O) groups excluding carboxylic acids is 1. The van der Waals surface area contributed by atoms with Crippen molar-refractivity contribution in [2.24, 2.45) is 0 Å². The van der Waals surface area contributed by atoms with Gasteiger partial charge in [0.15, 0.2) is 11.6 Å². The predicted molar refractivity (Wildman–Crippen MR) is 171 cm³/mol. The Balaban J connectivity index is 1.53. The van der Waals surface area contributed by atoms with E-state index in [4.69, 9.17) is 10.5 Å². The van der Waals surface area contributed by atoms with Crippen molar-refractivity contribution in [3.05, 3.63) is 95.7 Å². The number of amides is 1. The van der Waals surface area contributed by atoms with Gasteiger partial charge in [-0.05, 0) is 67.8 Å². The lowest BCUT2D eigenvalue weighted by Gasteiger charge is -2.12. The van der Waals surface area contributed by atoms with Crippen LogP contribution in [0.15, 0.2) is 78.6 Å². The van der Waals surface area contributed by atoms with Gasteiger partial charge in [-0.1, -0.05) is 18.7 Å². The summed E-state index contributed by atoms with van der Waals surface area (Å²) >= 11 is 3.04. The number of thiophene rings is 1. The summed E-state index contributed by atoms with van der Waals surface area (Å²) in [6, 6.07) is 12.2. The zero-order valence-corrected chi connectivity index (χ0v) is 25.1. The van der Waals surface area contributed by atoms with Gasteiger partial charge in [0.2, 0.25) is 0 Å². The zero-order valence-electron chi connectivity index (χ0n) is 23.4. The van der Waals surface area contributed by atoms with Crippen LogP contribution in [0.1, 0.15) is 18.2 Å². The summed E-state index contributed by atoms with van der Waals surface area (Å²) in [4.78, 5) is 30.4. The van der Waals surface area contributed by atoms with Crippen molar-refractivity contribution in [3.63, 3.8) is 0 Å². The van der Waals surface area contributed by atoms with Crippen molar-refractivity contribution in [3.8, 4) is 43.9 Å². The number of ether oxygens (including phenoxy) is 1. The standard InChI is InChI=1S/C32H25FN6O2S2/c1-16(2)30(40)39-20-6-7-21(17(3)13-20)27-25(26-28(43-27)22(15-37-29(26)34)31-35-11-12-42-31)19-5-8-24(23(33)14-19)41-32-36-10-9-18(4)38-32/h5-15H,1H2,2-4H3,(H2,34,37)(H,39,40). The summed E-state index contributed by atoms with van der Waals surface area (Å²) in [6.45, 7) is 9.13. The summed E-state index contributed by atoms with van der Waals surface area (Å²) in [5.41, 5.74) is 12.3. The SMILES string of the molecule is C=C(C)C(=O)Nc1ccc(-c2sc3c(-c4nccs4)cnc(N)c3c2-c2ccc(Oc3nccc(C)n3)c(F)c2)c(C)c1. The highest BCUT2D eigenvalue weighted by molar-refractivity contribution is 7.24. The largest absolute Gasteiger partial charge is 0.421 e. The van der Waals surface area contributed by atoms with E-state index < -0.39 is 5.82 Å². The molecule has 0 radical (unpaired) electrons. The highest BCUT2D eigenvalue weighted by Crippen LogP contribution is 2.50. The number of aromatic nitrogens is 4. The zero-order chi connectivity index (χ0) is 30.2. The first-order valence-corrected chi connectivity index (χ1v) is 14.9. The first kappa shape index (κ1) is 28.1. The van der Waals surface area contributed by atoms with Crippen LogP contribution in [0.3, 0.4) is 0 Å². The van der Waals surface area contributed by atoms with E-state index in [0.717, 1.165) is 36.8 Å². The first-order valence-electron chi connectivity index (χ1n) is 13.2. The molecule has 0 aliphatic carbocycles. The molecule has 0 fully saturated rings. The molecule has 0 atom stereocenters. The topological polar surface area (TPSA) is 116 Å². The lowest BCUT2D eigenvalue weighted by Crippen LogP contribution is -2.11. The molecule has 8 nitrogen and oxygen atoms in total. The molecule has 0 aliphatic rings. The number of nitrogen functional groups attached to an aromatic ring is 1. The van der Waals surface area contributed by atoms with Gasteiger partial charge in [0.25, 0.3) is 5.91 Å². The molecule has 0 spiro atoms. The average molecular weight is 609 g/mol. The van der Waals surface area contributed by atoms with Crippen molar-refractivity contribution >= 4 is 50.2 Å². The van der Waals surface area contributed by atoms with Crippen LogP contribution >= 0.6 is 22.7 Å². The average Bonchev–Trinajstić information content (AvgIpc) is 3.64. The Morgan fingerprint density at radius 3 is 2.58 bits per heavy atom. The van der Waals surface area contributed by atoms with Gasteiger partial charge in [0.05, 0.1) is 4.70 Å². The highest BCUT2D eigenvalue weighted by atomic mass is 32.1. The Hall–Kier alpha value is -5.00. The molecule has 0 aliphatic heterocycles. The summed E-state index contributed by atoms with van der Waals surface area (Å²) in [7, 11) is 0. The number of fused-ring (bicyclic) bond motifs is 1. The fourth-order valence-electron chi connectivity index (χ4n) is 4.64. The van der Waals surface area contributed by atoms with Crippen molar-refractivity contribution < 1.29 is 13.9 Å². The lowest BCUT2D eigenvalue weighted by atomic mass is 9.96. The van der Waals surface area contributed by atoms with Crippen molar-refractivity contribution in [1.29, 1.82) is 0 Å². The third-order valence-corrected chi connectivity index (χ3v) is 8.78. The Morgan fingerprint density at radius 2 is 1.88 bits per heavy atom. The maximum Gasteiger partial charge on any atom is 0.322 e. The molecular formula is C32H25FN6O2S2. The van der Waals surface area contributed by atoms with E-state index in [-0.39, 0.29) is 17.7 Å². The van der Waals surface area contributed by atoms with E-state index in [1.54, 1.807) is 50.6 Å². The van der Waals surface area contributed by atoms with Crippen LogP contribution in [0, 0.1) is 19.7 Å². The molecule has 0 unspecified atom stereocenters. The number of aryl methyl sites for hydroxylation is 2. The number of thiazole rings is 1. The smallest absolute Gasteiger partial charge is 0.322 e. The normalized spacial score (nSPS) is 11.1. The molecule has 11 heteroatoms. The Bertz CT molecular complexity index is 2040. The number of nitrogens with one attached hydrogen (secondary N) is 1. The van der Waals surface area contributed by atoms with E-state index in [1.165, 1.54) is 28.7 Å². The van der Waals surface area contributed by atoms with Crippen molar-refractivity contribution in [2.45, 2.75) is 20.8 Å². The monoisotopic (exact) mass is 608 g/mol. The Labute approximate surface area is 254 Å². The van der Waals surface area contributed by atoms with Gasteiger partial charge in [-0.25, -0.2) is 24.3 Å². The number of carbonyl (C=O) groups is 1. The van der Waals surface area contributed by atoms with E-state index in [0.29, 0.717) is 33.7 Å². The number of nitrogens with zero attached hydrogens (tertiary/aromatic N) is 4. The minimum Gasteiger partial charge on any atom is -0.421 e. The molecule has 214 valence electrons. The predicted octanol–water partition coefficient (Wildman–Crippen LogP) is 8.19. The van der Waals surface area contributed by atoms with Crippen LogP contribution in [0.2, 0.25) is 0 Å². The molecule has 43 heavy (non-hydrogen) atoms. The van der Waals surface area contributed by atoms with Gasteiger partial charge in [-0.2, -0.15) is 0 Å². The van der Waals surface area contributed by atoms with E-state index in [9.17, 15) is 4.79 Å². The summed E-state index contributed by atoms with van der Waals surface area (Å²) in [6.07, 6.45) is 5.02. The summed E-state index contributed by atoms with van der Waals surface area (Å²) in [5, 5.41) is 6.28. The molecule has 1 amide bonds. The number of hydrogen-bond acceptors (Lipinski definition) is 9. The first-order chi connectivity index (χ1) is 20.7. The fraction of sp³-hybridized carbons (Fsp3) is 0.0938. The van der Waals surface area contributed by atoms with Gasteiger partial charge in [-0.3, -0.25) is 4.79 Å². The molecule has 0 bridgehead atoms. The second-order valence-corrected chi connectivity index (χ2v) is 11.8. The van der Waals surface area contributed by atoms with Crippen molar-refractivity contribution in [1.82, 2.24) is 19.9 Å². The quantitative estimate of drug-likeness (QED) is 0.176. The van der Waals surface area contributed by atoms with Gasteiger partial charge in [-0.15, -0.1) is 22.7 Å². The molecule has 0 saturated carbocycles. The van der Waals surface area contributed by atoms with Gasteiger partial charge < -0.3 is 15.8 Å². The molecule has 2 aromatic carbocycles. The number of nitrogens with two attached hydrogens (primary N) is 1. The molecule has 0 saturated heterocycles. The van der Waals surface area contributed by atoms with Crippen LogP contribution in [0.5, 0.6) is 11.8 Å². The number of halogens is 1. The van der Waals surface area contributed by atoms with Crippen LogP contribution < -0.4 is 15.8 Å². The Morgan fingerprint density at radius 1 is 1.05 bits per heavy atom. The number of benzene rings is 2. The highest BCUT2D eigenvalue weighted by Gasteiger charge is 2.24. The van der Waals surface area contributed by atoms with Gasteiger partial charge >= 0.3 is 6.01 Å². The molecule has 4 aromatic heterocycles. The maximum absolute atomic E-state index is 15.6. The third-order valence-electron chi connectivity index (χ3n) is 6.72. The van der Waals surface area contributed by atoms with Gasteiger partial charge in [0.1, 0.15) is 10.8 Å². The molecule has 6 rings (SSSR count). The second-order valence-electron chi connectivity index (χ2n) is 9.90. The minimum absolute atomic E-state index is 0.00112. The molecule has 4 heterocycles. The van der Waals surface area contributed by atoms with E-state index in [1.807, 2.05) is 30.5 Å². The maximum atomic E-state index is 15.6. The summed E-state index contributed by atoms with van der Waals surface area (Å²) in [5.74, 6) is -0.510. The van der Waals surface area contributed by atoms with Crippen molar-refractivity contribution in [2.75, 3.05) is 11.1 Å². The second kappa shape index (κ2) is 11.3. The number of anilines is 2. The minimum atomic E-state index is -0.579. The fourth-order valence-corrected chi connectivity index (χ4v) is 6.79. The molecule has 3 N–H and O–H groups in total. The van der Waals surface area contributed by atoms with Crippen LogP contribution in [-0.2, 0) is 4.79 Å². The number of hydrogen-bond donors (Lipinski definition) is 2. The van der Waals surface area contributed by atoms with Crippen LogP contribution in [0.4, 0.5) is 15.9 Å².